The van der Waals surface area contributed by atoms with Crippen molar-refractivity contribution in [2.75, 3.05) is 5.32 Å². The van der Waals surface area contributed by atoms with E-state index in [-0.39, 0.29) is 11.9 Å². The maximum absolute atomic E-state index is 13.8. The van der Waals surface area contributed by atoms with Crippen LogP contribution in [-0.2, 0) is 0 Å². The molecule has 0 spiro atoms. The van der Waals surface area contributed by atoms with Gasteiger partial charge in [-0.1, -0.05) is 25.1 Å². The lowest BCUT2D eigenvalue weighted by Crippen LogP contribution is -2.11. The molecule has 0 aliphatic carbocycles. The largest absolute Gasteiger partial charge is 0.378 e. The Labute approximate surface area is 112 Å². The van der Waals surface area contributed by atoms with E-state index in [9.17, 15) is 4.39 Å². The maximum Gasteiger partial charge on any atom is 0.128 e. The van der Waals surface area contributed by atoms with Gasteiger partial charge < -0.3 is 5.32 Å². The number of hydrogen-bond acceptors (Lipinski definition) is 2. The summed E-state index contributed by atoms with van der Waals surface area (Å²) >= 11 is 0. The van der Waals surface area contributed by atoms with Crippen LogP contribution in [-0.4, -0.2) is 0 Å². The van der Waals surface area contributed by atoms with Crippen LogP contribution < -0.4 is 5.32 Å². The minimum Gasteiger partial charge on any atom is -0.378 e. The van der Waals surface area contributed by atoms with E-state index >= 15 is 0 Å². The van der Waals surface area contributed by atoms with Crippen molar-refractivity contribution in [2.24, 2.45) is 0 Å². The molecule has 0 amide bonds. The number of nitriles is 1. The summed E-state index contributed by atoms with van der Waals surface area (Å²) in [5.74, 6) is -0.199. The van der Waals surface area contributed by atoms with E-state index in [1.165, 1.54) is 6.07 Å². The van der Waals surface area contributed by atoms with Crippen LogP contribution in [0.1, 0.15) is 30.5 Å². The van der Waals surface area contributed by atoms with Crippen LogP contribution in [0.3, 0.4) is 0 Å². The third kappa shape index (κ3) is 3.11. The van der Waals surface area contributed by atoms with Crippen LogP contribution in [0.5, 0.6) is 0 Å². The molecule has 0 saturated heterocycles. The Morgan fingerprint density at radius 2 is 1.84 bits per heavy atom. The number of nitrogens with zero attached hydrogens (tertiary/aromatic N) is 1. The molecule has 2 rings (SSSR count). The maximum atomic E-state index is 13.8. The van der Waals surface area contributed by atoms with E-state index in [1.807, 2.05) is 25.1 Å². The second-order valence-corrected chi connectivity index (χ2v) is 4.32. The first-order valence-corrected chi connectivity index (χ1v) is 6.25. The fourth-order valence-electron chi connectivity index (χ4n) is 2.00. The Morgan fingerprint density at radius 1 is 1.16 bits per heavy atom. The quantitative estimate of drug-likeness (QED) is 0.884. The van der Waals surface area contributed by atoms with Gasteiger partial charge >= 0.3 is 0 Å². The predicted octanol–water partition coefficient (Wildman–Crippen LogP) is 4.26. The second-order valence-electron chi connectivity index (χ2n) is 4.32. The molecule has 1 unspecified atom stereocenters. The number of halogens is 1. The number of benzene rings is 2. The molecule has 1 N–H and O–H groups in total. The molecule has 0 radical (unpaired) electrons. The minimum absolute atomic E-state index is 0.0749. The van der Waals surface area contributed by atoms with Crippen LogP contribution in [0.4, 0.5) is 10.1 Å². The topological polar surface area (TPSA) is 35.8 Å². The molecule has 0 saturated carbocycles. The highest BCUT2D eigenvalue weighted by molar-refractivity contribution is 5.49. The van der Waals surface area contributed by atoms with E-state index in [0.29, 0.717) is 11.1 Å². The molecule has 3 heteroatoms. The van der Waals surface area contributed by atoms with E-state index < -0.39 is 0 Å². The number of nitrogens with one attached hydrogen (secondary N) is 1. The Balaban J connectivity index is 2.19. The highest BCUT2D eigenvalue weighted by atomic mass is 19.1. The lowest BCUT2D eigenvalue weighted by Gasteiger charge is -2.19. The van der Waals surface area contributed by atoms with Crippen LogP contribution in [0.2, 0.25) is 0 Å². The fraction of sp³-hybridized carbons (Fsp3) is 0.188. The van der Waals surface area contributed by atoms with Crippen molar-refractivity contribution < 1.29 is 4.39 Å². The van der Waals surface area contributed by atoms with Gasteiger partial charge in [-0.25, -0.2) is 4.39 Å². The van der Waals surface area contributed by atoms with Gasteiger partial charge in [-0.05, 0) is 36.8 Å². The molecule has 0 heterocycles. The van der Waals surface area contributed by atoms with Crippen LogP contribution in [0.25, 0.3) is 0 Å². The first kappa shape index (κ1) is 13.1. The summed E-state index contributed by atoms with van der Waals surface area (Å²) in [4.78, 5) is 0. The molecule has 0 aliphatic rings. The summed E-state index contributed by atoms with van der Waals surface area (Å²) in [7, 11) is 0. The first-order valence-electron chi connectivity index (χ1n) is 6.25. The molecule has 96 valence electrons. The SMILES string of the molecule is CCC(Nc1ccc(C#N)cc1)c1ccccc1F. The van der Waals surface area contributed by atoms with Crippen molar-refractivity contribution in [1.29, 1.82) is 5.26 Å². The van der Waals surface area contributed by atoms with E-state index in [2.05, 4.69) is 11.4 Å². The van der Waals surface area contributed by atoms with Crippen molar-refractivity contribution in [3.05, 3.63) is 65.5 Å². The lowest BCUT2D eigenvalue weighted by atomic mass is 10.0. The molecule has 2 aromatic carbocycles. The van der Waals surface area contributed by atoms with Crippen LogP contribution >= 0.6 is 0 Å². The molecular formula is C16H15FN2. The predicted molar refractivity (Wildman–Crippen MR) is 74.2 cm³/mol. The average molecular weight is 254 g/mol. The number of anilines is 1. The normalized spacial score (nSPS) is 11.6. The van der Waals surface area contributed by atoms with Gasteiger partial charge in [0.2, 0.25) is 0 Å². The smallest absolute Gasteiger partial charge is 0.128 e. The van der Waals surface area contributed by atoms with Crippen molar-refractivity contribution in [3.8, 4) is 6.07 Å². The zero-order valence-electron chi connectivity index (χ0n) is 10.7. The standard InChI is InChI=1S/C16H15FN2/c1-2-16(14-5-3-4-6-15(14)17)19-13-9-7-12(11-18)8-10-13/h3-10,16,19H,2H2,1H3. The Bertz CT molecular complexity index is 584. The number of hydrogen-bond donors (Lipinski definition) is 1. The minimum atomic E-state index is -0.199. The molecule has 19 heavy (non-hydrogen) atoms. The monoisotopic (exact) mass is 254 g/mol. The summed E-state index contributed by atoms with van der Waals surface area (Å²) in [6, 6.07) is 15.9. The molecule has 0 aromatic heterocycles. The van der Waals surface area contributed by atoms with Gasteiger partial charge in [-0.2, -0.15) is 5.26 Å². The lowest BCUT2D eigenvalue weighted by molar-refractivity contribution is 0.587. The van der Waals surface area contributed by atoms with Gasteiger partial charge in [0.05, 0.1) is 17.7 Å². The molecule has 2 aromatic rings. The molecule has 2 nitrogen and oxygen atoms in total. The zero-order valence-corrected chi connectivity index (χ0v) is 10.7. The van der Waals surface area contributed by atoms with Gasteiger partial charge in [0.15, 0.2) is 0 Å². The zero-order chi connectivity index (χ0) is 13.7. The molecular weight excluding hydrogens is 239 g/mol. The highest BCUT2D eigenvalue weighted by Gasteiger charge is 2.13. The Morgan fingerprint density at radius 3 is 2.42 bits per heavy atom. The van der Waals surface area contributed by atoms with Crippen LogP contribution in [0, 0.1) is 17.1 Å². The Kier molecular flexibility index (Phi) is 4.15. The van der Waals surface area contributed by atoms with Gasteiger partial charge in [-0.3, -0.25) is 0 Å². The fourth-order valence-corrected chi connectivity index (χ4v) is 2.00. The third-order valence-electron chi connectivity index (χ3n) is 3.04. The summed E-state index contributed by atoms with van der Waals surface area (Å²) < 4.78 is 13.8. The summed E-state index contributed by atoms with van der Waals surface area (Å²) in [6.07, 6.45) is 0.779. The van der Waals surface area contributed by atoms with E-state index in [0.717, 1.165) is 12.1 Å². The van der Waals surface area contributed by atoms with E-state index in [4.69, 9.17) is 5.26 Å². The number of rotatable bonds is 4. The average Bonchev–Trinajstić information content (AvgIpc) is 2.46. The van der Waals surface area contributed by atoms with Crippen molar-refractivity contribution >= 4 is 5.69 Å². The van der Waals surface area contributed by atoms with E-state index in [1.54, 1.807) is 24.3 Å². The molecule has 1 atom stereocenters. The van der Waals surface area contributed by atoms with Gasteiger partial charge in [0.1, 0.15) is 5.82 Å². The summed E-state index contributed by atoms with van der Waals surface area (Å²) in [5, 5.41) is 12.0. The molecule has 0 fully saturated rings. The Hall–Kier alpha value is -2.34. The second kappa shape index (κ2) is 6.01. The highest BCUT2D eigenvalue weighted by Crippen LogP contribution is 2.24. The third-order valence-corrected chi connectivity index (χ3v) is 3.04. The van der Waals surface area contributed by atoms with Gasteiger partial charge in [0, 0.05) is 11.3 Å². The van der Waals surface area contributed by atoms with Crippen LogP contribution in [0.15, 0.2) is 48.5 Å². The van der Waals surface area contributed by atoms with Crippen molar-refractivity contribution in [1.82, 2.24) is 0 Å². The van der Waals surface area contributed by atoms with Gasteiger partial charge in [-0.15, -0.1) is 0 Å². The van der Waals surface area contributed by atoms with Crippen molar-refractivity contribution in [2.45, 2.75) is 19.4 Å². The molecule has 0 bridgehead atoms. The summed E-state index contributed by atoms with van der Waals surface area (Å²) in [5.41, 5.74) is 2.16. The van der Waals surface area contributed by atoms with Crippen molar-refractivity contribution in [3.63, 3.8) is 0 Å². The molecule has 0 aliphatic heterocycles. The summed E-state index contributed by atoms with van der Waals surface area (Å²) in [6.45, 7) is 2.01. The van der Waals surface area contributed by atoms with Gasteiger partial charge in [0.25, 0.3) is 0 Å². The first-order chi connectivity index (χ1) is 9.24.